The Labute approximate surface area is 87.2 Å². The van der Waals surface area contributed by atoms with E-state index in [0.717, 1.165) is 18.9 Å². The number of rotatable bonds is 3. The standard InChI is InChI=1S/C12H23NO/c1-11(2)8-10(11)12(3)6-4-9(14-12)5-7-13/h9-10H,4-8,13H2,1-3H3. The molecule has 0 aromatic heterocycles. The van der Waals surface area contributed by atoms with E-state index in [1.807, 2.05) is 0 Å². The molecule has 0 amide bonds. The van der Waals surface area contributed by atoms with Gasteiger partial charge in [-0.05, 0) is 50.5 Å². The minimum Gasteiger partial charge on any atom is -0.372 e. The molecule has 2 N–H and O–H groups in total. The molecule has 14 heavy (non-hydrogen) atoms. The van der Waals surface area contributed by atoms with Gasteiger partial charge in [0.05, 0.1) is 11.7 Å². The number of nitrogens with two attached hydrogens (primary N) is 1. The first-order chi connectivity index (χ1) is 6.48. The zero-order chi connectivity index (χ0) is 10.4. The highest BCUT2D eigenvalue weighted by Gasteiger charge is 2.58. The molecule has 82 valence electrons. The van der Waals surface area contributed by atoms with Gasteiger partial charge in [-0.25, -0.2) is 0 Å². The van der Waals surface area contributed by atoms with Crippen molar-refractivity contribution in [2.24, 2.45) is 17.1 Å². The lowest BCUT2D eigenvalue weighted by atomic mass is 9.91. The second-order valence-corrected chi connectivity index (χ2v) is 5.91. The summed E-state index contributed by atoms with van der Waals surface area (Å²) in [6.07, 6.45) is 5.23. The fourth-order valence-corrected chi connectivity index (χ4v) is 3.10. The Morgan fingerprint density at radius 3 is 2.50 bits per heavy atom. The van der Waals surface area contributed by atoms with Gasteiger partial charge in [0.15, 0.2) is 0 Å². The molecule has 1 aliphatic carbocycles. The van der Waals surface area contributed by atoms with E-state index in [1.54, 1.807) is 0 Å². The van der Waals surface area contributed by atoms with E-state index in [9.17, 15) is 0 Å². The first kappa shape index (κ1) is 10.4. The third kappa shape index (κ3) is 1.70. The van der Waals surface area contributed by atoms with E-state index >= 15 is 0 Å². The minimum absolute atomic E-state index is 0.156. The van der Waals surface area contributed by atoms with Crippen molar-refractivity contribution in [3.63, 3.8) is 0 Å². The number of ether oxygens (including phenoxy) is 1. The predicted octanol–water partition coefficient (Wildman–Crippen LogP) is 2.32. The van der Waals surface area contributed by atoms with Crippen molar-refractivity contribution in [3.05, 3.63) is 0 Å². The molecule has 1 aliphatic heterocycles. The molecule has 3 atom stereocenters. The van der Waals surface area contributed by atoms with Crippen LogP contribution >= 0.6 is 0 Å². The maximum absolute atomic E-state index is 6.17. The quantitative estimate of drug-likeness (QED) is 0.753. The topological polar surface area (TPSA) is 35.2 Å². The van der Waals surface area contributed by atoms with Crippen molar-refractivity contribution >= 4 is 0 Å². The van der Waals surface area contributed by atoms with Crippen molar-refractivity contribution in [2.75, 3.05) is 6.54 Å². The third-order valence-corrected chi connectivity index (χ3v) is 4.14. The van der Waals surface area contributed by atoms with E-state index in [2.05, 4.69) is 20.8 Å². The first-order valence-corrected chi connectivity index (χ1v) is 5.86. The molecule has 2 heteroatoms. The predicted molar refractivity (Wildman–Crippen MR) is 58.1 cm³/mol. The molecule has 1 saturated heterocycles. The van der Waals surface area contributed by atoms with Crippen LogP contribution in [0.5, 0.6) is 0 Å². The van der Waals surface area contributed by atoms with Crippen LogP contribution in [0.2, 0.25) is 0 Å². The Hall–Kier alpha value is -0.0800. The molecule has 0 aromatic rings. The molecular formula is C12H23NO. The lowest BCUT2D eigenvalue weighted by Crippen LogP contribution is -2.30. The van der Waals surface area contributed by atoms with Gasteiger partial charge in [0, 0.05) is 0 Å². The van der Waals surface area contributed by atoms with E-state index < -0.39 is 0 Å². The Kier molecular flexibility index (Phi) is 2.39. The largest absolute Gasteiger partial charge is 0.372 e. The number of hydrogen-bond acceptors (Lipinski definition) is 2. The second kappa shape index (κ2) is 3.21. The van der Waals surface area contributed by atoms with E-state index in [1.165, 1.54) is 19.3 Å². The smallest absolute Gasteiger partial charge is 0.0692 e. The fraction of sp³-hybridized carbons (Fsp3) is 1.00. The van der Waals surface area contributed by atoms with E-state index in [0.29, 0.717) is 11.5 Å². The van der Waals surface area contributed by atoms with Gasteiger partial charge in [-0.2, -0.15) is 0 Å². The highest BCUT2D eigenvalue weighted by atomic mass is 16.5. The second-order valence-electron chi connectivity index (χ2n) is 5.91. The van der Waals surface area contributed by atoms with Gasteiger partial charge >= 0.3 is 0 Å². The van der Waals surface area contributed by atoms with Crippen molar-refractivity contribution in [2.45, 2.75) is 58.2 Å². The Balaban J connectivity index is 1.93. The zero-order valence-electron chi connectivity index (χ0n) is 9.68. The zero-order valence-corrected chi connectivity index (χ0v) is 9.68. The summed E-state index contributed by atoms with van der Waals surface area (Å²) in [5, 5.41) is 0. The van der Waals surface area contributed by atoms with E-state index in [4.69, 9.17) is 10.5 Å². The molecule has 0 radical (unpaired) electrons. The van der Waals surface area contributed by atoms with Crippen LogP contribution in [0.15, 0.2) is 0 Å². The lowest BCUT2D eigenvalue weighted by Gasteiger charge is -2.26. The maximum atomic E-state index is 6.17. The molecule has 2 rings (SSSR count). The van der Waals surface area contributed by atoms with Gasteiger partial charge in [-0.1, -0.05) is 13.8 Å². The summed E-state index contributed by atoms with van der Waals surface area (Å²) in [7, 11) is 0. The molecular weight excluding hydrogens is 174 g/mol. The van der Waals surface area contributed by atoms with Crippen LogP contribution in [0.25, 0.3) is 0 Å². The van der Waals surface area contributed by atoms with Gasteiger partial charge in [-0.3, -0.25) is 0 Å². The van der Waals surface area contributed by atoms with Gasteiger partial charge in [-0.15, -0.1) is 0 Å². The SMILES string of the molecule is CC1(C)CC1C1(C)CCC(CCN)O1. The minimum atomic E-state index is 0.156. The van der Waals surface area contributed by atoms with Crippen LogP contribution in [-0.4, -0.2) is 18.2 Å². The molecule has 0 spiro atoms. The summed E-state index contributed by atoms with van der Waals surface area (Å²) in [5.41, 5.74) is 6.24. The van der Waals surface area contributed by atoms with Crippen molar-refractivity contribution in [1.29, 1.82) is 0 Å². The van der Waals surface area contributed by atoms with E-state index in [-0.39, 0.29) is 5.60 Å². The van der Waals surface area contributed by atoms with Crippen LogP contribution in [0.4, 0.5) is 0 Å². The fourth-order valence-electron chi connectivity index (χ4n) is 3.10. The highest BCUT2D eigenvalue weighted by Crippen LogP contribution is 2.61. The average molecular weight is 197 g/mol. The van der Waals surface area contributed by atoms with Crippen LogP contribution in [0, 0.1) is 11.3 Å². The average Bonchev–Trinajstić information content (AvgIpc) is 2.55. The third-order valence-electron chi connectivity index (χ3n) is 4.14. The van der Waals surface area contributed by atoms with Crippen LogP contribution in [-0.2, 0) is 4.74 Å². The summed E-state index contributed by atoms with van der Waals surface area (Å²) in [6, 6.07) is 0. The van der Waals surface area contributed by atoms with Crippen LogP contribution in [0.3, 0.4) is 0 Å². The van der Waals surface area contributed by atoms with Crippen LogP contribution < -0.4 is 5.73 Å². The van der Waals surface area contributed by atoms with Crippen molar-refractivity contribution < 1.29 is 4.74 Å². The Bertz CT molecular complexity index is 226. The lowest BCUT2D eigenvalue weighted by molar-refractivity contribution is -0.0516. The van der Waals surface area contributed by atoms with Gasteiger partial charge in [0.2, 0.25) is 0 Å². The molecule has 0 aromatic carbocycles. The van der Waals surface area contributed by atoms with Gasteiger partial charge in [0.25, 0.3) is 0 Å². The Morgan fingerprint density at radius 2 is 2.00 bits per heavy atom. The molecule has 3 unspecified atom stereocenters. The number of hydrogen-bond donors (Lipinski definition) is 1. The normalized spacial score (nSPS) is 45.4. The molecule has 2 aliphatic rings. The molecule has 2 fully saturated rings. The molecule has 2 nitrogen and oxygen atoms in total. The summed E-state index contributed by atoms with van der Waals surface area (Å²) in [4.78, 5) is 0. The highest BCUT2D eigenvalue weighted by molar-refractivity contribution is 5.08. The van der Waals surface area contributed by atoms with Crippen LogP contribution in [0.1, 0.15) is 46.5 Å². The summed E-state index contributed by atoms with van der Waals surface area (Å²) < 4.78 is 6.17. The van der Waals surface area contributed by atoms with Crippen molar-refractivity contribution in [1.82, 2.24) is 0 Å². The van der Waals surface area contributed by atoms with Gasteiger partial charge in [0.1, 0.15) is 0 Å². The molecule has 1 heterocycles. The van der Waals surface area contributed by atoms with Crippen molar-refractivity contribution in [3.8, 4) is 0 Å². The first-order valence-electron chi connectivity index (χ1n) is 5.86. The van der Waals surface area contributed by atoms with Gasteiger partial charge < -0.3 is 10.5 Å². The molecule has 1 saturated carbocycles. The summed E-state index contributed by atoms with van der Waals surface area (Å²) in [5.74, 6) is 0.776. The summed E-state index contributed by atoms with van der Waals surface area (Å²) >= 11 is 0. The maximum Gasteiger partial charge on any atom is 0.0692 e. The monoisotopic (exact) mass is 197 g/mol. The Morgan fingerprint density at radius 1 is 1.36 bits per heavy atom. The molecule has 0 bridgehead atoms. The summed E-state index contributed by atoms with van der Waals surface area (Å²) in [6.45, 7) is 7.75.